The minimum absolute atomic E-state index is 0.138. The zero-order valence-corrected chi connectivity index (χ0v) is 10.1. The Bertz CT molecular complexity index is 511. The molecule has 0 unspecified atom stereocenters. The van der Waals surface area contributed by atoms with E-state index in [-0.39, 0.29) is 5.78 Å². The second kappa shape index (κ2) is 4.99. The van der Waals surface area contributed by atoms with E-state index in [2.05, 4.69) is 5.10 Å². The van der Waals surface area contributed by atoms with E-state index in [1.807, 2.05) is 20.2 Å². The normalized spacial score (nSPS) is 10.7. The molecule has 0 radical (unpaired) electrons. The van der Waals surface area contributed by atoms with Crippen LogP contribution in [-0.2, 0) is 19.9 Å². The summed E-state index contributed by atoms with van der Waals surface area (Å²) in [4.78, 5) is 12.0. The zero-order chi connectivity index (χ0) is 12.3. The van der Waals surface area contributed by atoms with E-state index in [1.165, 1.54) is 0 Å². The average molecular weight is 232 g/mol. The van der Waals surface area contributed by atoms with Gasteiger partial charge in [-0.2, -0.15) is 5.10 Å². The second-order valence-electron chi connectivity index (χ2n) is 4.06. The maximum atomic E-state index is 12.0. The molecule has 0 saturated heterocycles. The third kappa shape index (κ3) is 2.64. The van der Waals surface area contributed by atoms with Crippen molar-refractivity contribution in [3.05, 3.63) is 41.6 Å². The molecule has 4 nitrogen and oxygen atoms in total. The first-order valence-electron chi connectivity index (χ1n) is 5.77. The first kappa shape index (κ1) is 11.6. The van der Waals surface area contributed by atoms with E-state index in [9.17, 15) is 4.79 Å². The molecular weight excluding hydrogens is 216 g/mol. The van der Waals surface area contributed by atoms with Crippen LogP contribution in [0.25, 0.3) is 0 Å². The fourth-order valence-corrected chi connectivity index (χ4v) is 1.86. The molecule has 2 rings (SSSR count). The van der Waals surface area contributed by atoms with Crippen LogP contribution in [0.4, 0.5) is 0 Å². The van der Waals surface area contributed by atoms with Crippen molar-refractivity contribution < 1.29 is 9.21 Å². The lowest BCUT2D eigenvalue weighted by Gasteiger charge is -1.99. The zero-order valence-electron chi connectivity index (χ0n) is 10.1. The highest BCUT2D eigenvalue weighted by Gasteiger charge is 2.13. The lowest BCUT2D eigenvalue weighted by Crippen LogP contribution is -2.02. The van der Waals surface area contributed by atoms with Gasteiger partial charge in [-0.3, -0.25) is 9.48 Å². The number of aromatic nitrogens is 2. The molecule has 0 bridgehead atoms. The van der Waals surface area contributed by atoms with Gasteiger partial charge < -0.3 is 4.42 Å². The summed E-state index contributed by atoms with van der Waals surface area (Å²) < 4.78 is 7.00. The maximum absolute atomic E-state index is 12.0. The summed E-state index contributed by atoms with van der Waals surface area (Å²) in [6, 6.07) is 1.75. The fourth-order valence-electron chi connectivity index (χ4n) is 1.86. The second-order valence-corrected chi connectivity index (χ2v) is 4.06. The van der Waals surface area contributed by atoms with Gasteiger partial charge in [0.1, 0.15) is 5.76 Å². The van der Waals surface area contributed by atoms with Crippen LogP contribution in [0.2, 0.25) is 0 Å². The highest BCUT2D eigenvalue weighted by Crippen LogP contribution is 2.15. The first-order chi connectivity index (χ1) is 8.20. The average Bonchev–Trinajstić information content (AvgIpc) is 2.94. The molecule has 0 saturated carbocycles. The third-order valence-electron chi connectivity index (χ3n) is 2.77. The Morgan fingerprint density at radius 3 is 3.00 bits per heavy atom. The van der Waals surface area contributed by atoms with Crippen LogP contribution in [-0.4, -0.2) is 15.6 Å². The number of Topliss-reactive ketones (excluding diaryl/α,β-unsaturated/α-hetero) is 1. The van der Waals surface area contributed by atoms with Crippen molar-refractivity contribution in [2.75, 3.05) is 0 Å². The van der Waals surface area contributed by atoms with Gasteiger partial charge >= 0.3 is 0 Å². The van der Waals surface area contributed by atoms with Gasteiger partial charge in [-0.1, -0.05) is 6.92 Å². The van der Waals surface area contributed by atoms with Gasteiger partial charge in [0.15, 0.2) is 5.78 Å². The number of nitrogens with zero attached hydrogens (tertiary/aromatic N) is 2. The standard InChI is InChI=1S/C13H16N2O2/c1-3-13-11(6-7-17-13)12(16)5-4-10-8-14-15(2)9-10/h6-9H,3-5H2,1-2H3. The summed E-state index contributed by atoms with van der Waals surface area (Å²) in [5, 5.41) is 4.08. The molecule has 0 aliphatic rings. The van der Waals surface area contributed by atoms with Crippen molar-refractivity contribution in [3.63, 3.8) is 0 Å². The van der Waals surface area contributed by atoms with E-state index in [0.29, 0.717) is 6.42 Å². The molecule has 0 spiro atoms. The van der Waals surface area contributed by atoms with Gasteiger partial charge in [-0.05, 0) is 18.1 Å². The fraction of sp³-hybridized carbons (Fsp3) is 0.385. The molecule has 0 N–H and O–H groups in total. The SMILES string of the molecule is CCc1occc1C(=O)CCc1cnn(C)c1. The van der Waals surface area contributed by atoms with Crippen molar-refractivity contribution in [3.8, 4) is 0 Å². The molecule has 0 fully saturated rings. The number of rotatable bonds is 5. The van der Waals surface area contributed by atoms with Gasteiger partial charge in [0.05, 0.1) is 18.0 Å². The Morgan fingerprint density at radius 1 is 1.53 bits per heavy atom. The smallest absolute Gasteiger partial charge is 0.166 e. The van der Waals surface area contributed by atoms with Crippen molar-refractivity contribution >= 4 is 5.78 Å². The topological polar surface area (TPSA) is 48.0 Å². The van der Waals surface area contributed by atoms with Crippen LogP contribution in [0.1, 0.15) is 35.0 Å². The minimum atomic E-state index is 0.138. The number of furan rings is 1. The molecule has 0 aliphatic heterocycles. The summed E-state index contributed by atoms with van der Waals surface area (Å²) in [6.45, 7) is 1.98. The highest BCUT2D eigenvalue weighted by atomic mass is 16.3. The van der Waals surface area contributed by atoms with Crippen LogP contribution in [0.15, 0.2) is 29.1 Å². The summed E-state index contributed by atoms with van der Waals surface area (Å²) >= 11 is 0. The van der Waals surface area contributed by atoms with Gasteiger partial charge in [0.2, 0.25) is 0 Å². The Kier molecular flexibility index (Phi) is 3.42. The van der Waals surface area contributed by atoms with Gasteiger partial charge in [-0.15, -0.1) is 0 Å². The van der Waals surface area contributed by atoms with Gasteiger partial charge in [-0.25, -0.2) is 0 Å². The van der Waals surface area contributed by atoms with Crippen molar-refractivity contribution in [1.29, 1.82) is 0 Å². The number of ketones is 1. The number of carbonyl (C=O) groups is 1. The summed E-state index contributed by atoms with van der Waals surface area (Å²) in [5.41, 5.74) is 1.80. The maximum Gasteiger partial charge on any atom is 0.166 e. The van der Waals surface area contributed by atoms with Crippen LogP contribution in [0.5, 0.6) is 0 Å². The number of carbonyl (C=O) groups excluding carboxylic acids is 1. The molecule has 2 heterocycles. The number of aryl methyl sites for hydroxylation is 3. The highest BCUT2D eigenvalue weighted by molar-refractivity contribution is 5.97. The monoisotopic (exact) mass is 232 g/mol. The molecule has 0 atom stereocenters. The molecule has 0 aliphatic carbocycles. The van der Waals surface area contributed by atoms with E-state index in [0.717, 1.165) is 29.7 Å². The van der Waals surface area contributed by atoms with Crippen molar-refractivity contribution in [1.82, 2.24) is 9.78 Å². The number of hydrogen-bond donors (Lipinski definition) is 0. The number of hydrogen-bond acceptors (Lipinski definition) is 3. The van der Waals surface area contributed by atoms with E-state index in [4.69, 9.17) is 4.42 Å². The summed E-state index contributed by atoms with van der Waals surface area (Å²) in [6.07, 6.45) is 7.28. The quantitative estimate of drug-likeness (QED) is 0.744. The largest absolute Gasteiger partial charge is 0.469 e. The predicted octanol–water partition coefficient (Wildman–Crippen LogP) is 2.39. The van der Waals surface area contributed by atoms with Crippen LogP contribution in [0, 0.1) is 0 Å². The van der Waals surface area contributed by atoms with E-state index in [1.54, 1.807) is 23.2 Å². The van der Waals surface area contributed by atoms with Crippen LogP contribution in [0.3, 0.4) is 0 Å². The van der Waals surface area contributed by atoms with E-state index >= 15 is 0 Å². The lowest BCUT2D eigenvalue weighted by molar-refractivity contribution is 0.0981. The Morgan fingerprint density at radius 2 is 2.35 bits per heavy atom. The molecule has 17 heavy (non-hydrogen) atoms. The Hall–Kier alpha value is -1.84. The van der Waals surface area contributed by atoms with Gasteiger partial charge in [0, 0.05) is 26.1 Å². The predicted molar refractivity (Wildman–Crippen MR) is 63.9 cm³/mol. The molecule has 90 valence electrons. The third-order valence-corrected chi connectivity index (χ3v) is 2.77. The summed E-state index contributed by atoms with van der Waals surface area (Å²) in [7, 11) is 1.87. The Balaban J connectivity index is 1.98. The molecule has 0 aromatic carbocycles. The first-order valence-corrected chi connectivity index (χ1v) is 5.77. The van der Waals surface area contributed by atoms with Gasteiger partial charge in [0.25, 0.3) is 0 Å². The molecule has 2 aromatic heterocycles. The minimum Gasteiger partial charge on any atom is -0.469 e. The Labute approximate surface area is 100 Å². The molecular formula is C13H16N2O2. The molecule has 4 heteroatoms. The molecule has 0 amide bonds. The van der Waals surface area contributed by atoms with Crippen LogP contribution < -0.4 is 0 Å². The van der Waals surface area contributed by atoms with Crippen LogP contribution >= 0.6 is 0 Å². The molecule has 2 aromatic rings. The van der Waals surface area contributed by atoms with Crippen molar-refractivity contribution in [2.24, 2.45) is 7.05 Å². The lowest BCUT2D eigenvalue weighted by atomic mass is 10.0. The van der Waals surface area contributed by atoms with Crippen molar-refractivity contribution in [2.45, 2.75) is 26.2 Å². The van der Waals surface area contributed by atoms with E-state index < -0.39 is 0 Å². The summed E-state index contributed by atoms with van der Waals surface area (Å²) in [5.74, 6) is 0.917.